The van der Waals surface area contributed by atoms with E-state index in [1.54, 1.807) is 18.2 Å². The van der Waals surface area contributed by atoms with Gasteiger partial charge in [-0.2, -0.15) is 0 Å². The average molecular weight is 392 g/mol. The highest BCUT2D eigenvalue weighted by Crippen LogP contribution is 1.98. The van der Waals surface area contributed by atoms with E-state index in [2.05, 4.69) is 27.5 Å². The Hall–Kier alpha value is -1.51. The molecule has 112 valence electrons. The van der Waals surface area contributed by atoms with Crippen molar-refractivity contribution in [3.05, 3.63) is 36.8 Å². The van der Waals surface area contributed by atoms with Crippen LogP contribution in [0.15, 0.2) is 40.5 Å². The Labute approximate surface area is 136 Å². The number of hydrogen-bond donors (Lipinski definition) is 3. The summed E-state index contributed by atoms with van der Waals surface area (Å²) in [5.74, 6) is 0.777. The lowest BCUT2D eigenvalue weighted by Gasteiger charge is -2.09. The highest BCUT2D eigenvalue weighted by Gasteiger charge is 2.06. The molecule has 0 unspecified atom stereocenters. The lowest BCUT2D eigenvalue weighted by Crippen LogP contribution is -2.38. The predicted molar refractivity (Wildman–Crippen MR) is 90.6 cm³/mol. The van der Waals surface area contributed by atoms with Gasteiger partial charge in [-0.3, -0.25) is 9.79 Å². The van der Waals surface area contributed by atoms with Crippen LogP contribution in [0.25, 0.3) is 0 Å². The quantitative estimate of drug-likeness (QED) is 0.215. The molecule has 0 fully saturated rings. The maximum Gasteiger partial charge on any atom is 0.287 e. The second-order valence-electron chi connectivity index (χ2n) is 3.66. The Morgan fingerprint density at radius 1 is 1.45 bits per heavy atom. The van der Waals surface area contributed by atoms with Gasteiger partial charge in [0.05, 0.1) is 12.8 Å². The van der Waals surface area contributed by atoms with Crippen molar-refractivity contribution >= 4 is 35.8 Å². The van der Waals surface area contributed by atoms with E-state index < -0.39 is 0 Å². The van der Waals surface area contributed by atoms with Crippen LogP contribution in [-0.4, -0.2) is 38.0 Å². The third-order valence-electron chi connectivity index (χ3n) is 2.17. The van der Waals surface area contributed by atoms with Gasteiger partial charge in [0.2, 0.25) is 0 Å². The highest BCUT2D eigenvalue weighted by atomic mass is 127. The fraction of sp³-hybridized carbons (Fsp3) is 0.385. The van der Waals surface area contributed by atoms with Crippen LogP contribution in [0.5, 0.6) is 0 Å². The maximum atomic E-state index is 11.6. The molecule has 1 aromatic heterocycles. The Balaban J connectivity index is 0.00000361. The van der Waals surface area contributed by atoms with Crippen LogP contribution in [0.1, 0.15) is 17.5 Å². The van der Waals surface area contributed by atoms with Gasteiger partial charge in [0.15, 0.2) is 11.7 Å². The molecule has 0 spiro atoms. The Morgan fingerprint density at radius 2 is 2.25 bits per heavy atom. The van der Waals surface area contributed by atoms with E-state index in [0.29, 0.717) is 31.4 Å². The minimum absolute atomic E-state index is 0. The number of amides is 1. The molecule has 0 aliphatic rings. The monoisotopic (exact) mass is 392 g/mol. The smallest absolute Gasteiger partial charge is 0.287 e. The molecule has 0 aliphatic carbocycles. The normalized spacial score (nSPS) is 10.3. The molecule has 3 N–H and O–H groups in total. The third-order valence-corrected chi connectivity index (χ3v) is 2.17. The number of hydrogen-bond acceptors (Lipinski definition) is 3. The number of carbonyl (C=O) groups is 1. The highest BCUT2D eigenvalue weighted by molar-refractivity contribution is 14.0. The fourth-order valence-electron chi connectivity index (χ4n) is 1.34. The van der Waals surface area contributed by atoms with Crippen molar-refractivity contribution in [1.82, 2.24) is 16.0 Å². The summed E-state index contributed by atoms with van der Waals surface area (Å²) in [5, 5.41) is 8.89. The number of halogens is 1. The summed E-state index contributed by atoms with van der Waals surface area (Å²) in [6, 6.07) is 3.30. The van der Waals surface area contributed by atoms with Crippen molar-refractivity contribution in [2.75, 3.05) is 26.2 Å². The van der Waals surface area contributed by atoms with Crippen molar-refractivity contribution in [3.8, 4) is 0 Å². The summed E-state index contributed by atoms with van der Waals surface area (Å²) in [5.41, 5.74) is 0. The maximum absolute atomic E-state index is 11.6. The number of furan rings is 1. The molecule has 0 aliphatic heterocycles. The molecule has 0 aromatic carbocycles. The number of rotatable bonds is 7. The van der Waals surface area contributed by atoms with E-state index in [1.807, 2.05) is 6.92 Å². The van der Waals surface area contributed by atoms with Gasteiger partial charge in [0.1, 0.15) is 0 Å². The van der Waals surface area contributed by atoms with E-state index in [1.165, 1.54) is 6.26 Å². The predicted octanol–water partition coefficient (Wildman–Crippen LogP) is 1.37. The van der Waals surface area contributed by atoms with Crippen LogP contribution in [0, 0.1) is 0 Å². The summed E-state index contributed by atoms with van der Waals surface area (Å²) in [7, 11) is 0. The molecule has 7 heteroatoms. The largest absolute Gasteiger partial charge is 0.459 e. The summed E-state index contributed by atoms with van der Waals surface area (Å²) in [4.78, 5) is 15.9. The summed E-state index contributed by atoms with van der Waals surface area (Å²) >= 11 is 0. The van der Waals surface area contributed by atoms with E-state index >= 15 is 0 Å². The lowest BCUT2D eigenvalue weighted by atomic mass is 10.4. The Kier molecular flexibility index (Phi) is 10.5. The first-order chi connectivity index (χ1) is 9.27. The summed E-state index contributed by atoms with van der Waals surface area (Å²) in [6.07, 6.45) is 3.22. The topological polar surface area (TPSA) is 78.7 Å². The van der Waals surface area contributed by atoms with Crippen molar-refractivity contribution in [3.63, 3.8) is 0 Å². The van der Waals surface area contributed by atoms with Gasteiger partial charge in [-0.25, -0.2) is 0 Å². The SMILES string of the molecule is C=CCNC(=NCCNC(=O)c1ccco1)NCC.I. The first-order valence-electron chi connectivity index (χ1n) is 6.22. The van der Waals surface area contributed by atoms with Crippen molar-refractivity contribution in [1.29, 1.82) is 0 Å². The van der Waals surface area contributed by atoms with Crippen LogP contribution < -0.4 is 16.0 Å². The van der Waals surface area contributed by atoms with E-state index in [-0.39, 0.29) is 29.9 Å². The van der Waals surface area contributed by atoms with Gasteiger partial charge >= 0.3 is 0 Å². The van der Waals surface area contributed by atoms with Crippen molar-refractivity contribution in [2.45, 2.75) is 6.92 Å². The zero-order chi connectivity index (χ0) is 13.9. The minimum Gasteiger partial charge on any atom is -0.459 e. The zero-order valence-corrected chi connectivity index (χ0v) is 13.8. The second kappa shape index (κ2) is 11.3. The molecule has 1 heterocycles. The van der Waals surface area contributed by atoms with Gasteiger partial charge in [-0.1, -0.05) is 6.08 Å². The van der Waals surface area contributed by atoms with E-state index in [0.717, 1.165) is 6.54 Å². The number of nitrogens with one attached hydrogen (secondary N) is 3. The molecule has 6 nitrogen and oxygen atoms in total. The van der Waals surface area contributed by atoms with Crippen LogP contribution in [0.2, 0.25) is 0 Å². The van der Waals surface area contributed by atoms with Crippen LogP contribution >= 0.6 is 24.0 Å². The van der Waals surface area contributed by atoms with Crippen LogP contribution in [0.4, 0.5) is 0 Å². The molecule has 0 radical (unpaired) electrons. The lowest BCUT2D eigenvalue weighted by molar-refractivity contribution is 0.0927. The molecule has 1 amide bonds. The first kappa shape index (κ1) is 18.5. The third kappa shape index (κ3) is 7.17. The number of guanidine groups is 1. The molecular weight excluding hydrogens is 371 g/mol. The number of nitrogens with zero attached hydrogens (tertiary/aromatic N) is 1. The summed E-state index contributed by atoms with van der Waals surface area (Å²) < 4.78 is 4.98. The number of carbonyl (C=O) groups excluding carboxylic acids is 1. The van der Waals surface area contributed by atoms with Crippen molar-refractivity contribution in [2.24, 2.45) is 4.99 Å². The Bertz CT molecular complexity index is 418. The molecule has 0 saturated carbocycles. The molecule has 20 heavy (non-hydrogen) atoms. The standard InChI is InChI=1S/C13H20N4O2.HI/c1-3-7-16-13(14-4-2)17-9-8-15-12(18)11-6-5-10-19-11;/h3,5-6,10H,1,4,7-9H2,2H3,(H,15,18)(H2,14,16,17);1H. The first-order valence-corrected chi connectivity index (χ1v) is 6.22. The van der Waals surface area contributed by atoms with E-state index in [9.17, 15) is 4.79 Å². The second-order valence-corrected chi connectivity index (χ2v) is 3.66. The van der Waals surface area contributed by atoms with Gasteiger partial charge in [0, 0.05) is 19.6 Å². The number of aliphatic imine (C=N–C) groups is 1. The molecule has 1 rings (SSSR count). The summed E-state index contributed by atoms with van der Waals surface area (Å²) in [6.45, 7) is 7.97. The molecule has 0 atom stereocenters. The van der Waals surface area contributed by atoms with Gasteiger partial charge < -0.3 is 20.4 Å². The van der Waals surface area contributed by atoms with Gasteiger partial charge in [0.25, 0.3) is 5.91 Å². The van der Waals surface area contributed by atoms with Gasteiger partial charge in [-0.15, -0.1) is 30.6 Å². The Morgan fingerprint density at radius 3 is 2.85 bits per heavy atom. The molecule has 1 aromatic rings. The molecule has 0 saturated heterocycles. The van der Waals surface area contributed by atoms with E-state index in [4.69, 9.17) is 4.42 Å². The van der Waals surface area contributed by atoms with Crippen LogP contribution in [0.3, 0.4) is 0 Å². The fourth-order valence-corrected chi connectivity index (χ4v) is 1.34. The molecular formula is C13H21IN4O2. The molecule has 0 bridgehead atoms. The minimum atomic E-state index is -0.232. The van der Waals surface area contributed by atoms with Crippen LogP contribution in [-0.2, 0) is 0 Å². The van der Waals surface area contributed by atoms with Crippen molar-refractivity contribution < 1.29 is 9.21 Å². The average Bonchev–Trinajstić information content (AvgIpc) is 2.94. The zero-order valence-electron chi connectivity index (χ0n) is 11.5. The van der Waals surface area contributed by atoms with Gasteiger partial charge in [-0.05, 0) is 19.1 Å².